The number of fused-ring (bicyclic) bond motifs is 1. The van der Waals surface area contributed by atoms with E-state index in [1.54, 1.807) is 30.3 Å². The van der Waals surface area contributed by atoms with Crippen LogP contribution in [0.15, 0.2) is 53.1 Å². The van der Waals surface area contributed by atoms with Gasteiger partial charge in [0.15, 0.2) is 23.0 Å². The van der Waals surface area contributed by atoms with Crippen molar-refractivity contribution < 1.29 is 18.8 Å². The van der Waals surface area contributed by atoms with Gasteiger partial charge in [0.05, 0.1) is 0 Å². The lowest BCUT2D eigenvalue weighted by atomic mass is 10.1. The van der Waals surface area contributed by atoms with E-state index in [-0.39, 0.29) is 18.4 Å². The van der Waals surface area contributed by atoms with Gasteiger partial charge in [-0.25, -0.2) is 0 Å². The van der Waals surface area contributed by atoms with E-state index in [9.17, 15) is 4.79 Å². The van der Waals surface area contributed by atoms with Crippen LogP contribution >= 0.6 is 11.6 Å². The number of ether oxygens (including phenoxy) is 2. The van der Waals surface area contributed by atoms with E-state index in [2.05, 4.69) is 10.5 Å². The van der Waals surface area contributed by atoms with Crippen molar-refractivity contribution in [3.8, 4) is 22.8 Å². The maximum atomic E-state index is 12.2. The molecule has 2 heterocycles. The standard InChI is InChI=1S/C18H13ClN2O4/c19-13-3-1-2-11(6-13)9-20-18(22)14-8-16(25-21-14)12-4-5-15-17(7-12)24-10-23-15/h1-8H,9-10H2,(H,20,22). The first-order chi connectivity index (χ1) is 12.2. The van der Waals surface area contributed by atoms with Gasteiger partial charge in [-0.15, -0.1) is 0 Å². The Labute approximate surface area is 148 Å². The zero-order valence-corrected chi connectivity index (χ0v) is 13.7. The Morgan fingerprint density at radius 2 is 2.00 bits per heavy atom. The summed E-state index contributed by atoms with van der Waals surface area (Å²) in [6.07, 6.45) is 0. The summed E-state index contributed by atoms with van der Waals surface area (Å²) < 4.78 is 15.9. The fraction of sp³-hybridized carbons (Fsp3) is 0.111. The van der Waals surface area contributed by atoms with E-state index in [0.29, 0.717) is 28.8 Å². The zero-order chi connectivity index (χ0) is 17.2. The molecule has 0 spiro atoms. The molecule has 1 aliphatic heterocycles. The molecule has 1 N–H and O–H groups in total. The summed E-state index contributed by atoms with van der Waals surface area (Å²) in [5.41, 5.74) is 1.86. The Kier molecular flexibility index (Phi) is 4.03. The highest BCUT2D eigenvalue weighted by Gasteiger charge is 2.17. The number of nitrogens with zero attached hydrogens (tertiary/aromatic N) is 1. The first-order valence-electron chi connectivity index (χ1n) is 7.58. The van der Waals surface area contributed by atoms with Crippen LogP contribution in [0.4, 0.5) is 0 Å². The topological polar surface area (TPSA) is 73.6 Å². The van der Waals surface area contributed by atoms with E-state index in [1.165, 1.54) is 0 Å². The van der Waals surface area contributed by atoms with Crippen LogP contribution in [0.1, 0.15) is 16.1 Å². The van der Waals surface area contributed by atoms with Gasteiger partial charge in [0.25, 0.3) is 5.91 Å². The maximum absolute atomic E-state index is 12.2. The lowest BCUT2D eigenvalue weighted by molar-refractivity contribution is 0.0942. The maximum Gasteiger partial charge on any atom is 0.273 e. The van der Waals surface area contributed by atoms with Crippen LogP contribution in [0.2, 0.25) is 5.02 Å². The molecule has 0 atom stereocenters. The molecule has 4 rings (SSSR count). The number of carbonyl (C=O) groups excluding carboxylic acids is 1. The number of halogens is 1. The second-order valence-electron chi connectivity index (χ2n) is 5.46. The number of benzene rings is 2. The molecule has 25 heavy (non-hydrogen) atoms. The molecule has 1 amide bonds. The van der Waals surface area contributed by atoms with Crippen LogP contribution in [0.3, 0.4) is 0 Å². The largest absolute Gasteiger partial charge is 0.454 e. The Morgan fingerprint density at radius 3 is 2.88 bits per heavy atom. The van der Waals surface area contributed by atoms with Gasteiger partial charge in [-0.1, -0.05) is 28.9 Å². The normalized spacial score (nSPS) is 12.2. The molecule has 0 radical (unpaired) electrons. The molecule has 126 valence electrons. The van der Waals surface area contributed by atoms with Crippen LogP contribution in [-0.4, -0.2) is 17.9 Å². The minimum atomic E-state index is -0.323. The van der Waals surface area contributed by atoms with Crippen LogP contribution in [0.5, 0.6) is 11.5 Å². The van der Waals surface area contributed by atoms with E-state index in [1.807, 2.05) is 18.2 Å². The number of aromatic nitrogens is 1. The summed E-state index contributed by atoms with van der Waals surface area (Å²) in [7, 11) is 0. The fourth-order valence-electron chi connectivity index (χ4n) is 2.49. The molecule has 1 aliphatic rings. The minimum Gasteiger partial charge on any atom is -0.454 e. The van der Waals surface area contributed by atoms with Crippen molar-refractivity contribution >= 4 is 17.5 Å². The van der Waals surface area contributed by atoms with Gasteiger partial charge in [0.1, 0.15) is 0 Å². The summed E-state index contributed by atoms with van der Waals surface area (Å²) in [6, 6.07) is 14.3. The molecule has 0 aliphatic carbocycles. The summed E-state index contributed by atoms with van der Waals surface area (Å²) in [6.45, 7) is 0.554. The smallest absolute Gasteiger partial charge is 0.273 e. The van der Waals surface area contributed by atoms with Crippen molar-refractivity contribution in [1.29, 1.82) is 0 Å². The number of amides is 1. The van der Waals surface area contributed by atoms with E-state index >= 15 is 0 Å². The minimum absolute atomic E-state index is 0.201. The molecule has 0 unspecified atom stereocenters. The SMILES string of the molecule is O=C(NCc1cccc(Cl)c1)c1cc(-c2ccc3c(c2)OCO3)on1. The Bertz CT molecular complexity index is 938. The highest BCUT2D eigenvalue weighted by molar-refractivity contribution is 6.30. The average Bonchev–Trinajstić information content (AvgIpc) is 3.28. The highest BCUT2D eigenvalue weighted by Crippen LogP contribution is 2.36. The van der Waals surface area contributed by atoms with Gasteiger partial charge in [0, 0.05) is 23.2 Å². The fourth-order valence-corrected chi connectivity index (χ4v) is 2.70. The van der Waals surface area contributed by atoms with Gasteiger partial charge in [-0.3, -0.25) is 4.79 Å². The molecular weight excluding hydrogens is 344 g/mol. The summed E-state index contributed by atoms with van der Waals surface area (Å²) >= 11 is 5.93. The van der Waals surface area contributed by atoms with Gasteiger partial charge in [-0.05, 0) is 35.9 Å². The van der Waals surface area contributed by atoms with Crippen molar-refractivity contribution in [2.24, 2.45) is 0 Å². The third-order valence-corrected chi connectivity index (χ3v) is 3.98. The zero-order valence-electron chi connectivity index (χ0n) is 13.0. The summed E-state index contributed by atoms with van der Waals surface area (Å²) in [5.74, 6) is 1.48. The highest BCUT2D eigenvalue weighted by atomic mass is 35.5. The molecule has 6 nitrogen and oxygen atoms in total. The second-order valence-corrected chi connectivity index (χ2v) is 5.89. The van der Waals surface area contributed by atoms with Crippen molar-refractivity contribution in [3.63, 3.8) is 0 Å². The molecule has 7 heteroatoms. The van der Waals surface area contributed by atoms with Crippen molar-refractivity contribution in [1.82, 2.24) is 10.5 Å². The summed E-state index contributed by atoms with van der Waals surface area (Å²) in [5, 5.41) is 7.24. The molecule has 0 saturated carbocycles. The van der Waals surface area contributed by atoms with Crippen LogP contribution in [0.25, 0.3) is 11.3 Å². The first kappa shape index (κ1) is 15.5. The second kappa shape index (κ2) is 6.49. The van der Waals surface area contributed by atoms with Crippen molar-refractivity contribution in [2.75, 3.05) is 6.79 Å². The predicted molar refractivity (Wildman–Crippen MR) is 90.7 cm³/mol. The predicted octanol–water partition coefficient (Wildman–Crippen LogP) is 3.65. The molecule has 0 saturated heterocycles. The molecule has 0 fully saturated rings. The monoisotopic (exact) mass is 356 g/mol. The molecule has 1 aromatic heterocycles. The number of hydrogen-bond acceptors (Lipinski definition) is 5. The van der Waals surface area contributed by atoms with E-state index in [4.69, 9.17) is 25.6 Å². The lowest BCUT2D eigenvalue weighted by Crippen LogP contribution is -2.22. The number of carbonyl (C=O) groups is 1. The van der Waals surface area contributed by atoms with Crippen LogP contribution in [0, 0.1) is 0 Å². The first-order valence-corrected chi connectivity index (χ1v) is 7.96. The van der Waals surface area contributed by atoms with E-state index in [0.717, 1.165) is 11.1 Å². The van der Waals surface area contributed by atoms with Gasteiger partial charge in [0.2, 0.25) is 6.79 Å². The van der Waals surface area contributed by atoms with Crippen molar-refractivity contribution in [2.45, 2.75) is 6.54 Å². The number of nitrogens with one attached hydrogen (secondary N) is 1. The van der Waals surface area contributed by atoms with Crippen LogP contribution in [-0.2, 0) is 6.54 Å². The Hall–Kier alpha value is -2.99. The molecule has 3 aromatic rings. The van der Waals surface area contributed by atoms with Gasteiger partial charge in [-0.2, -0.15) is 0 Å². The Balaban J connectivity index is 1.46. The molecule has 2 aromatic carbocycles. The number of rotatable bonds is 4. The average molecular weight is 357 g/mol. The molecular formula is C18H13ClN2O4. The quantitative estimate of drug-likeness (QED) is 0.772. The van der Waals surface area contributed by atoms with E-state index < -0.39 is 0 Å². The van der Waals surface area contributed by atoms with Gasteiger partial charge >= 0.3 is 0 Å². The molecule has 0 bridgehead atoms. The third kappa shape index (κ3) is 3.29. The lowest BCUT2D eigenvalue weighted by Gasteiger charge is -2.03. The van der Waals surface area contributed by atoms with Crippen molar-refractivity contribution in [3.05, 3.63) is 64.8 Å². The third-order valence-electron chi connectivity index (χ3n) is 3.74. The number of hydrogen-bond donors (Lipinski definition) is 1. The van der Waals surface area contributed by atoms with Gasteiger partial charge < -0.3 is 19.3 Å². The summed E-state index contributed by atoms with van der Waals surface area (Å²) in [4.78, 5) is 12.2. The van der Waals surface area contributed by atoms with Crippen LogP contribution < -0.4 is 14.8 Å². The Morgan fingerprint density at radius 1 is 1.12 bits per heavy atom.